The molecular formula is C17H18N6O. The second kappa shape index (κ2) is 5.54. The topological polar surface area (TPSA) is 92.2 Å². The van der Waals surface area contributed by atoms with E-state index in [0.717, 1.165) is 22.5 Å². The maximum absolute atomic E-state index is 5.97. The Kier molecular flexibility index (Phi) is 3.35. The van der Waals surface area contributed by atoms with Crippen LogP contribution >= 0.6 is 0 Å². The zero-order chi connectivity index (χ0) is 16.7. The number of hydrogen-bond acceptors (Lipinski definition) is 7. The second-order valence-electron chi connectivity index (χ2n) is 5.94. The predicted octanol–water partition coefficient (Wildman–Crippen LogP) is 3.05. The first kappa shape index (κ1) is 14.5. The van der Waals surface area contributed by atoms with E-state index in [1.807, 2.05) is 42.5 Å². The normalized spacial score (nSPS) is 13.2. The lowest BCUT2D eigenvalue weighted by Gasteiger charge is -2.21. The lowest BCUT2D eigenvalue weighted by Crippen LogP contribution is -2.41. The van der Waals surface area contributed by atoms with Crippen LogP contribution in [0.4, 0.5) is 17.1 Å². The van der Waals surface area contributed by atoms with Gasteiger partial charge in [0.05, 0.1) is 16.9 Å². The Bertz CT molecular complexity index is 888. The summed E-state index contributed by atoms with van der Waals surface area (Å²) in [5.74, 6) is 0.944. The number of fused-ring (bicyclic) bond motifs is 1. The molecule has 0 aliphatic carbocycles. The average Bonchev–Trinajstić information content (AvgIpc) is 3.21. The molecule has 24 heavy (non-hydrogen) atoms. The molecule has 0 amide bonds. The quantitative estimate of drug-likeness (QED) is 0.638. The molecule has 0 fully saturated rings. The molecule has 122 valence electrons. The number of hydrogen-bond donors (Lipinski definition) is 3. The van der Waals surface area contributed by atoms with Crippen molar-refractivity contribution in [2.24, 2.45) is 0 Å². The van der Waals surface area contributed by atoms with Gasteiger partial charge in [0.15, 0.2) is 0 Å². The molecule has 7 nitrogen and oxygen atoms in total. The van der Waals surface area contributed by atoms with Gasteiger partial charge in [0, 0.05) is 17.3 Å². The van der Waals surface area contributed by atoms with Crippen LogP contribution < -0.4 is 21.7 Å². The molecule has 0 unspecified atom stereocenters. The zero-order valence-electron chi connectivity index (χ0n) is 13.4. The number of nitrogens with one attached hydrogen (secondary N) is 2. The molecule has 1 aliphatic rings. The number of nitrogens with zero attached hydrogens (tertiary/aromatic N) is 3. The van der Waals surface area contributed by atoms with Crippen molar-refractivity contribution in [3.63, 3.8) is 0 Å². The Morgan fingerprint density at radius 1 is 1.17 bits per heavy atom. The molecule has 0 saturated heterocycles. The zero-order valence-corrected chi connectivity index (χ0v) is 13.4. The fraction of sp³-hybridized carbons (Fsp3) is 0.176. The summed E-state index contributed by atoms with van der Waals surface area (Å²) < 4.78 is 5.38. The van der Waals surface area contributed by atoms with Gasteiger partial charge in [-0.25, -0.2) is 0 Å². The summed E-state index contributed by atoms with van der Waals surface area (Å²) in [6.45, 7) is 4.24. The largest absolute Gasteiger partial charge is 0.398 e. The van der Waals surface area contributed by atoms with Gasteiger partial charge in [0.1, 0.15) is 0 Å². The van der Waals surface area contributed by atoms with Crippen molar-refractivity contribution in [3.05, 3.63) is 42.5 Å². The van der Waals surface area contributed by atoms with Crippen molar-refractivity contribution in [3.8, 4) is 22.8 Å². The lowest BCUT2D eigenvalue weighted by molar-refractivity contribution is 0.432. The summed E-state index contributed by atoms with van der Waals surface area (Å²) in [7, 11) is 0. The number of benzene rings is 2. The van der Waals surface area contributed by atoms with Crippen LogP contribution in [0.3, 0.4) is 0 Å². The van der Waals surface area contributed by atoms with Crippen LogP contribution in [0.5, 0.6) is 0 Å². The highest BCUT2D eigenvalue weighted by Gasteiger charge is 2.22. The molecule has 4 rings (SSSR count). The summed E-state index contributed by atoms with van der Waals surface area (Å²) in [6.07, 6.45) is 0. The van der Waals surface area contributed by atoms with Gasteiger partial charge in [-0.15, -0.1) is 5.53 Å². The van der Waals surface area contributed by atoms with Crippen LogP contribution in [0.15, 0.2) is 47.0 Å². The number of rotatable bonds is 3. The summed E-state index contributed by atoms with van der Waals surface area (Å²) in [4.78, 5) is 4.47. The molecule has 1 aromatic heterocycles. The Balaban J connectivity index is 1.68. The number of para-hydroxylation sites is 1. The van der Waals surface area contributed by atoms with Gasteiger partial charge in [-0.2, -0.15) is 4.98 Å². The highest BCUT2D eigenvalue weighted by atomic mass is 16.5. The third-order valence-corrected chi connectivity index (χ3v) is 3.96. The Labute approximate surface area is 139 Å². The monoisotopic (exact) mass is 322 g/mol. The molecule has 0 spiro atoms. The summed E-state index contributed by atoms with van der Waals surface area (Å²) in [5, 5.41) is 6.14. The van der Waals surface area contributed by atoms with Crippen molar-refractivity contribution in [2.45, 2.75) is 19.9 Å². The van der Waals surface area contributed by atoms with E-state index < -0.39 is 0 Å². The van der Waals surface area contributed by atoms with E-state index in [4.69, 9.17) is 10.3 Å². The lowest BCUT2D eigenvalue weighted by atomic mass is 10.1. The van der Waals surface area contributed by atoms with Crippen molar-refractivity contribution in [2.75, 3.05) is 16.2 Å². The highest BCUT2D eigenvalue weighted by Crippen LogP contribution is 2.34. The fourth-order valence-electron chi connectivity index (χ4n) is 2.72. The third kappa shape index (κ3) is 2.35. The molecule has 1 aliphatic heterocycles. The first-order valence-corrected chi connectivity index (χ1v) is 7.77. The standard InChI is InChI=1S/C17H18N6O/c1-10(2)23-15-8-7-11(9-14(15)20-22-23)16-19-17(24-21-16)12-5-3-4-6-13(12)18/h3-10,20,22H,18H2,1-2H3. The molecule has 4 N–H and O–H groups in total. The minimum Gasteiger partial charge on any atom is -0.398 e. The fourth-order valence-corrected chi connectivity index (χ4v) is 2.72. The maximum atomic E-state index is 5.97. The van der Waals surface area contributed by atoms with Crippen LogP contribution in [0.1, 0.15) is 13.8 Å². The molecular weight excluding hydrogens is 304 g/mol. The van der Waals surface area contributed by atoms with E-state index in [1.165, 1.54) is 0 Å². The van der Waals surface area contributed by atoms with Crippen LogP contribution in [-0.4, -0.2) is 16.2 Å². The summed E-state index contributed by atoms with van der Waals surface area (Å²) >= 11 is 0. The van der Waals surface area contributed by atoms with Gasteiger partial charge >= 0.3 is 0 Å². The van der Waals surface area contributed by atoms with E-state index >= 15 is 0 Å². The average molecular weight is 322 g/mol. The van der Waals surface area contributed by atoms with E-state index in [2.05, 4.69) is 40.0 Å². The SMILES string of the molecule is CC(C)N1NNc2cc(-c3noc(-c4ccccc4N)n3)ccc21. The molecule has 0 atom stereocenters. The van der Waals surface area contributed by atoms with E-state index in [-0.39, 0.29) is 0 Å². The van der Waals surface area contributed by atoms with Crippen LogP contribution in [0, 0.1) is 0 Å². The van der Waals surface area contributed by atoms with Crippen molar-refractivity contribution in [1.29, 1.82) is 0 Å². The van der Waals surface area contributed by atoms with Crippen LogP contribution in [-0.2, 0) is 0 Å². The van der Waals surface area contributed by atoms with Gasteiger partial charge in [0.25, 0.3) is 5.89 Å². The van der Waals surface area contributed by atoms with Crippen molar-refractivity contribution < 1.29 is 4.52 Å². The second-order valence-corrected chi connectivity index (χ2v) is 5.94. The van der Waals surface area contributed by atoms with E-state index in [1.54, 1.807) is 0 Å². The summed E-state index contributed by atoms with van der Waals surface area (Å²) in [5.41, 5.74) is 16.6. The van der Waals surface area contributed by atoms with Gasteiger partial charge in [-0.3, -0.25) is 5.01 Å². The predicted molar refractivity (Wildman–Crippen MR) is 94.0 cm³/mol. The molecule has 0 radical (unpaired) electrons. The Morgan fingerprint density at radius 3 is 2.79 bits per heavy atom. The minimum atomic E-state index is 0.336. The smallest absolute Gasteiger partial charge is 0.260 e. The van der Waals surface area contributed by atoms with Gasteiger partial charge in [-0.05, 0) is 44.2 Å². The van der Waals surface area contributed by atoms with Crippen LogP contribution in [0.2, 0.25) is 0 Å². The molecule has 2 heterocycles. The number of hydrazine groups is 2. The van der Waals surface area contributed by atoms with E-state index in [0.29, 0.717) is 23.4 Å². The molecule has 7 heteroatoms. The molecule has 3 aromatic rings. The Morgan fingerprint density at radius 2 is 2.00 bits per heavy atom. The Hall–Kier alpha value is -3.06. The number of nitrogen functional groups attached to an aromatic ring is 1. The van der Waals surface area contributed by atoms with E-state index in [9.17, 15) is 0 Å². The van der Waals surface area contributed by atoms with Crippen LogP contribution in [0.25, 0.3) is 22.8 Å². The number of nitrogens with two attached hydrogens (primary N) is 1. The van der Waals surface area contributed by atoms with Crippen molar-refractivity contribution in [1.82, 2.24) is 15.7 Å². The molecule has 0 saturated carbocycles. The third-order valence-electron chi connectivity index (χ3n) is 3.96. The van der Waals surface area contributed by atoms with Crippen molar-refractivity contribution >= 4 is 17.1 Å². The van der Waals surface area contributed by atoms with Gasteiger partial charge in [-0.1, -0.05) is 17.3 Å². The van der Waals surface area contributed by atoms with Gasteiger partial charge < -0.3 is 15.7 Å². The first-order valence-electron chi connectivity index (χ1n) is 7.77. The first-order chi connectivity index (χ1) is 11.6. The summed E-state index contributed by atoms with van der Waals surface area (Å²) in [6, 6.07) is 13.8. The maximum Gasteiger partial charge on any atom is 0.260 e. The molecule has 2 aromatic carbocycles. The van der Waals surface area contributed by atoms with Gasteiger partial charge in [0.2, 0.25) is 5.82 Å². The molecule has 0 bridgehead atoms. The minimum absolute atomic E-state index is 0.336. The number of aromatic nitrogens is 2. The highest BCUT2D eigenvalue weighted by molar-refractivity contribution is 5.79. The number of anilines is 3.